The fourth-order valence-corrected chi connectivity index (χ4v) is 2.10. The fraction of sp³-hybridized carbons (Fsp3) is 0.222. The molecule has 120 valence electrons. The number of hydrogen-bond donors (Lipinski definition) is 1. The number of nitrogens with one attached hydrogen (secondary N) is 1. The van der Waals surface area contributed by atoms with Crippen molar-refractivity contribution in [2.45, 2.75) is 13.3 Å². The number of hydrazone groups is 1. The maximum absolute atomic E-state index is 12.3. The Hall–Kier alpha value is -2.82. The molecule has 1 N–H and O–H groups in total. The Morgan fingerprint density at radius 2 is 1.61 bits per heavy atom. The third-order valence-electron chi connectivity index (χ3n) is 3.35. The molecule has 0 radical (unpaired) electrons. The van der Waals surface area contributed by atoms with Gasteiger partial charge in [0.15, 0.2) is 0 Å². The second-order valence-corrected chi connectivity index (χ2v) is 4.82. The maximum Gasteiger partial charge on any atom is 0.271 e. The quantitative estimate of drug-likeness (QED) is 0.658. The summed E-state index contributed by atoms with van der Waals surface area (Å²) in [6.07, 6.45) is 0.714. The van der Waals surface area contributed by atoms with Gasteiger partial charge in [0.25, 0.3) is 5.91 Å². The number of hydrogen-bond acceptors (Lipinski definition) is 4. The van der Waals surface area contributed by atoms with Crippen molar-refractivity contribution < 1.29 is 14.3 Å². The van der Waals surface area contributed by atoms with Crippen LogP contribution >= 0.6 is 0 Å². The van der Waals surface area contributed by atoms with Crippen molar-refractivity contribution >= 4 is 11.6 Å². The van der Waals surface area contributed by atoms with Gasteiger partial charge in [-0.1, -0.05) is 37.3 Å². The number of carbonyl (C=O) groups excluding carboxylic acids is 1. The van der Waals surface area contributed by atoms with Gasteiger partial charge in [0.1, 0.15) is 11.5 Å². The zero-order valence-electron chi connectivity index (χ0n) is 13.5. The molecule has 0 bridgehead atoms. The first kappa shape index (κ1) is 16.5. The van der Waals surface area contributed by atoms with Crippen LogP contribution in [-0.4, -0.2) is 25.8 Å². The minimum Gasteiger partial charge on any atom is -0.497 e. The predicted octanol–water partition coefficient (Wildman–Crippen LogP) is 3.25. The molecule has 0 aliphatic rings. The molecule has 2 aromatic rings. The Labute approximate surface area is 135 Å². The summed E-state index contributed by atoms with van der Waals surface area (Å²) in [6, 6.07) is 14.7. The lowest BCUT2D eigenvalue weighted by atomic mass is 10.1. The predicted molar refractivity (Wildman–Crippen MR) is 90.3 cm³/mol. The molecule has 0 aliphatic heterocycles. The zero-order valence-corrected chi connectivity index (χ0v) is 13.5. The van der Waals surface area contributed by atoms with E-state index < -0.39 is 0 Å². The summed E-state index contributed by atoms with van der Waals surface area (Å²) in [5.41, 5.74) is 4.81. The molecule has 2 rings (SSSR count). The Kier molecular flexibility index (Phi) is 5.74. The molecule has 0 fully saturated rings. The van der Waals surface area contributed by atoms with Crippen LogP contribution in [0.3, 0.4) is 0 Å². The highest BCUT2D eigenvalue weighted by atomic mass is 16.5. The largest absolute Gasteiger partial charge is 0.497 e. The number of carbonyl (C=O) groups is 1. The number of methoxy groups -OCH3 is 2. The van der Waals surface area contributed by atoms with Crippen LogP contribution in [0.5, 0.6) is 11.5 Å². The Morgan fingerprint density at radius 3 is 2.13 bits per heavy atom. The van der Waals surface area contributed by atoms with Gasteiger partial charge in [0.2, 0.25) is 0 Å². The van der Waals surface area contributed by atoms with Crippen molar-refractivity contribution in [2.75, 3.05) is 14.2 Å². The van der Waals surface area contributed by atoms with Crippen LogP contribution in [-0.2, 0) is 0 Å². The standard InChI is InChI=1S/C18H20N2O3/c1-4-17(13-8-6-5-7-9-13)19-20-18(21)14-10-15(22-2)12-16(11-14)23-3/h5-12H,4H2,1-3H3,(H,20,21)/b19-17-. The molecule has 2 aromatic carbocycles. The molecular weight excluding hydrogens is 292 g/mol. The van der Waals surface area contributed by atoms with E-state index in [1.807, 2.05) is 37.3 Å². The monoisotopic (exact) mass is 312 g/mol. The van der Waals surface area contributed by atoms with Gasteiger partial charge in [-0.25, -0.2) is 5.43 Å². The summed E-state index contributed by atoms with van der Waals surface area (Å²) in [4.78, 5) is 12.3. The van der Waals surface area contributed by atoms with Gasteiger partial charge in [-0.3, -0.25) is 4.79 Å². The average molecular weight is 312 g/mol. The summed E-state index contributed by atoms with van der Waals surface area (Å²) < 4.78 is 10.3. The lowest BCUT2D eigenvalue weighted by molar-refractivity contribution is 0.0954. The lowest BCUT2D eigenvalue weighted by Crippen LogP contribution is -2.20. The number of rotatable bonds is 6. The van der Waals surface area contributed by atoms with E-state index in [2.05, 4.69) is 10.5 Å². The molecule has 0 saturated carbocycles. The molecule has 0 aliphatic carbocycles. The highest BCUT2D eigenvalue weighted by molar-refractivity contribution is 6.02. The van der Waals surface area contributed by atoms with Gasteiger partial charge < -0.3 is 9.47 Å². The molecule has 23 heavy (non-hydrogen) atoms. The smallest absolute Gasteiger partial charge is 0.271 e. The maximum atomic E-state index is 12.3. The molecule has 0 saturated heterocycles. The van der Waals surface area contributed by atoms with Crippen LogP contribution in [0.25, 0.3) is 0 Å². The van der Waals surface area contributed by atoms with Gasteiger partial charge in [-0.15, -0.1) is 0 Å². The summed E-state index contributed by atoms with van der Waals surface area (Å²) in [5, 5.41) is 4.24. The summed E-state index contributed by atoms with van der Waals surface area (Å²) in [6.45, 7) is 1.99. The molecule has 0 aromatic heterocycles. The molecule has 0 heterocycles. The topological polar surface area (TPSA) is 59.9 Å². The highest BCUT2D eigenvalue weighted by Crippen LogP contribution is 2.22. The molecule has 5 heteroatoms. The minimum atomic E-state index is -0.316. The van der Waals surface area contributed by atoms with E-state index >= 15 is 0 Å². The number of benzene rings is 2. The van der Waals surface area contributed by atoms with Crippen LogP contribution in [0.4, 0.5) is 0 Å². The van der Waals surface area contributed by atoms with Gasteiger partial charge >= 0.3 is 0 Å². The van der Waals surface area contributed by atoms with Gasteiger partial charge in [-0.05, 0) is 24.1 Å². The van der Waals surface area contributed by atoms with E-state index in [1.54, 1.807) is 32.4 Å². The second-order valence-electron chi connectivity index (χ2n) is 4.82. The van der Waals surface area contributed by atoms with E-state index in [4.69, 9.17) is 9.47 Å². The zero-order chi connectivity index (χ0) is 16.7. The van der Waals surface area contributed by atoms with E-state index in [0.717, 1.165) is 11.3 Å². The van der Waals surface area contributed by atoms with E-state index in [9.17, 15) is 4.79 Å². The third kappa shape index (κ3) is 4.32. The molecule has 0 unspecified atom stereocenters. The molecule has 1 amide bonds. The molecular formula is C18H20N2O3. The Bertz CT molecular complexity index is 674. The van der Waals surface area contributed by atoms with Crippen LogP contribution < -0.4 is 14.9 Å². The van der Waals surface area contributed by atoms with Gasteiger partial charge in [0.05, 0.1) is 19.9 Å². The van der Waals surface area contributed by atoms with Gasteiger partial charge in [-0.2, -0.15) is 5.10 Å². The van der Waals surface area contributed by atoms with Crippen LogP contribution in [0.2, 0.25) is 0 Å². The summed E-state index contributed by atoms with van der Waals surface area (Å²) in [7, 11) is 3.08. The normalized spacial score (nSPS) is 11.0. The van der Waals surface area contributed by atoms with Crippen LogP contribution in [0.1, 0.15) is 29.3 Å². The number of amides is 1. The molecule has 0 atom stereocenters. The van der Waals surface area contributed by atoms with Crippen molar-refractivity contribution in [3.05, 3.63) is 59.7 Å². The summed E-state index contributed by atoms with van der Waals surface area (Å²) >= 11 is 0. The Balaban J connectivity index is 2.19. The number of ether oxygens (including phenoxy) is 2. The van der Waals surface area contributed by atoms with Crippen molar-refractivity contribution in [3.63, 3.8) is 0 Å². The first-order valence-electron chi connectivity index (χ1n) is 7.33. The molecule has 5 nitrogen and oxygen atoms in total. The summed E-state index contributed by atoms with van der Waals surface area (Å²) in [5.74, 6) is 0.790. The average Bonchev–Trinajstić information content (AvgIpc) is 2.62. The van der Waals surface area contributed by atoms with Crippen molar-refractivity contribution in [1.82, 2.24) is 5.43 Å². The highest BCUT2D eigenvalue weighted by Gasteiger charge is 2.10. The second kappa shape index (κ2) is 7.98. The van der Waals surface area contributed by atoms with E-state index in [-0.39, 0.29) is 5.91 Å². The fourth-order valence-electron chi connectivity index (χ4n) is 2.10. The SMILES string of the molecule is CC/C(=N/NC(=O)c1cc(OC)cc(OC)c1)c1ccccc1. The van der Waals surface area contributed by atoms with E-state index in [1.165, 1.54) is 0 Å². The Morgan fingerprint density at radius 1 is 1.00 bits per heavy atom. The van der Waals surface area contributed by atoms with Crippen molar-refractivity contribution in [2.24, 2.45) is 5.10 Å². The van der Waals surface area contributed by atoms with E-state index in [0.29, 0.717) is 23.5 Å². The first-order chi connectivity index (χ1) is 11.2. The lowest BCUT2D eigenvalue weighted by Gasteiger charge is -2.08. The third-order valence-corrected chi connectivity index (χ3v) is 3.35. The van der Waals surface area contributed by atoms with Crippen LogP contribution in [0, 0.1) is 0 Å². The van der Waals surface area contributed by atoms with Crippen molar-refractivity contribution in [3.8, 4) is 11.5 Å². The molecule has 0 spiro atoms. The minimum absolute atomic E-state index is 0.316. The number of nitrogens with zero attached hydrogens (tertiary/aromatic N) is 1. The van der Waals surface area contributed by atoms with Crippen molar-refractivity contribution in [1.29, 1.82) is 0 Å². The van der Waals surface area contributed by atoms with Gasteiger partial charge in [0, 0.05) is 11.6 Å². The first-order valence-corrected chi connectivity index (χ1v) is 7.33. The van der Waals surface area contributed by atoms with Crippen LogP contribution in [0.15, 0.2) is 53.6 Å².